The maximum absolute atomic E-state index is 3.69. The summed E-state index contributed by atoms with van der Waals surface area (Å²) < 4.78 is 1.99. The quantitative estimate of drug-likeness (QED) is 0.583. The minimum atomic E-state index is 1.14. The highest BCUT2D eigenvalue weighted by atomic mass is 14.9. The van der Waals surface area contributed by atoms with Gasteiger partial charge in [-0.05, 0) is 11.1 Å². The Bertz CT molecular complexity index is 230. The van der Waals surface area contributed by atoms with Crippen LogP contribution < -0.4 is 0 Å². The molecule has 0 aliphatic rings. The van der Waals surface area contributed by atoms with Crippen molar-refractivity contribution in [3.63, 3.8) is 0 Å². The number of aryl methyl sites for hydroxylation is 1. The van der Waals surface area contributed by atoms with Gasteiger partial charge in [0.15, 0.2) is 0 Å². The Morgan fingerprint density at radius 2 is 1.60 bits per heavy atom. The van der Waals surface area contributed by atoms with E-state index >= 15 is 0 Å². The second-order valence-electron chi connectivity index (χ2n) is 2.24. The molecule has 0 saturated carbocycles. The van der Waals surface area contributed by atoms with Gasteiger partial charge in [0, 0.05) is 19.4 Å². The molecule has 0 saturated heterocycles. The van der Waals surface area contributed by atoms with Crippen molar-refractivity contribution >= 4 is 12.2 Å². The monoisotopic (exact) mass is 133 g/mol. The lowest BCUT2D eigenvalue weighted by molar-refractivity contribution is 0.926. The lowest BCUT2D eigenvalue weighted by Crippen LogP contribution is -1.77. The first-order chi connectivity index (χ1) is 4.77. The van der Waals surface area contributed by atoms with Crippen LogP contribution >= 0.6 is 0 Å². The Balaban J connectivity index is 3.20. The fourth-order valence-electron chi connectivity index (χ4n) is 0.966. The normalized spacial score (nSPS) is 9.30. The van der Waals surface area contributed by atoms with Gasteiger partial charge >= 0.3 is 0 Å². The predicted octanol–water partition coefficient (Wildman–Crippen LogP) is 2.31. The Labute approximate surface area is 61.3 Å². The first-order valence-corrected chi connectivity index (χ1v) is 3.18. The van der Waals surface area contributed by atoms with Crippen molar-refractivity contribution in [2.45, 2.75) is 0 Å². The van der Waals surface area contributed by atoms with Gasteiger partial charge in [-0.1, -0.05) is 25.3 Å². The largest absolute Gasteiger partial charge is 0.356 e. The van der Waals surface area contributed by atoms with Gasteiger partial charge in [0.2, 0.25) is 0 Å². The molecule has 0 unspecified atom stereocenters. The fraction of sp³-hybridized carbons (Fsp3) is 0.111. The third kappa shape index (κ3) is 1.03. The van der Waals surface area contributed by atoms with Crippen LogP contribution in [0.1, 0.15) is 11.1 Å². The minimum Gasteiger partial charge on any atom is -0.356 e. The van der Waals surface area contributed by atoms with Gasteiger partial charge in [0.1, 0.15) is 0 Å². The van der Waals surface area contributed by atoms with Gasteiger partial charge in [0.05, 0.1) is 0 Å². The molecule has 0 aliphatic heterocycles. The molecular formula is C9H11N. The number of nitrogens with zero attached hydrogens (tertiary/aromatic N) is 1. The van der Waals surface area contributed by atoms with E-state index in [9.17, 15) is 0 Å². The summed E-state index contributed by atoms with van der Waals surface area (Å²) in [5.41, 5.74) is 2.27. The average Bonchev–Trinajstić information content (AvgIpc) is 2.30. The molecule has 0 bridgehead atoms. The first kappa shape index (κ1) is 6.87. The lowest BCUT2D eigenvalue weighted by Gasteiger charge is -1.84. The Morgan fingerprint density at radius 3 is 1.90 bits per heavy atom. The number of hydrogen-bond donors (Lipinski definition) is 0. The molecule has 1 heteroatoms. The van der Waals surface area contributed by atoms with E-state index in [0.717, 1.165) is 11.1 Å². The molecule has 1 aromatic rings. The van der Waals surface area contributed by atoms with Crippen LogP contribution in [0.3, 0.4) is 0 Å². The van der Waals surface area contributed by atoms with E-state index in [-0.39, 0.29) is 0 Å². The highest BCUT2D eigenvalue weighted by Crippen LogP contribution is 2.11. The summed E-state index contributed by atoms with van der Waals surface area (Å²) in [6.07, 6.45) is 7.70. The summed E-state index contributed by atoms with van der Waals surface area (Å²) in [7, 11) is 1.99. The van der Waals surface area contributed by atoms with Crippen LogP contribution in [-0.4, -0.2) is 4.57 Å². The van der Waals surface area contributed by atoms with Crippen LogP contribution in [0.15, 0.2) is 25.6 Å². The molecular weight excluding hydrogens is 122 g/mol. The molecule has 1 heterocycles. The van der Waals surface area contributed by atoms with E-state index in [4.69, 9.17) is 0 Å². The van der Waals surface area contributed by atoms with E-state index in [1.165, 1.54) is 0 Å². The van der Waals surface area contributed by atoms with Gasteiger partial charge < -0.3 is 4.57 Å². The first-order valence-electron chi connectivity index (χ1n) is 3.18. The second kappa shape index (κ2) is 2.56. The summed E-state index contributed by atoms with van der Waals surface area (Å²) in [4.78, 5) is 0. The van der Waals surface area contributed by atoms with Crippen molar-refractivity contribution in [3.8, 4) is 0 Å². The van der Waals surface area contributed by atoms with Crippen molar-refractivity contribution in [2.75, 3.05) is 0 Å². The maximum atomic E-state index is 3.69. The zero-order valence-electron chi connectivity index (χ0n) is 6.17. The molecule has 1 aromatic heterocycles. The van der Waals surface area contributed by atoms with Gasteiger partial charge in [-0.2, -0.15) is 0 Å². The van der Waals surface area contributed by atoms with E-state index < -0.39 is 0 Å². The van der Waals surface area contributed by atoms with Crippen LogP contribution in [-0.2, 0) is 7.05 Å². The molecule has 0 spiro atoms. The second-order valence-corrected chi connectivity index (χ2v) is 2.24. The number of aromatic nitrogens is 1. The van der Waals surface area contributed by atoms with Crippen LogP contribution in [0.5, 0.6) is 0 Å². The van der Waals surface area contributed by atoms with Crippen molar-refractivity contribution in [1.29, 1.82) is 0 Å². The van der Waals surface area contributed by atoms with E-state index in [1.54, 1.807) is 0 Å². The fourth-order valence-corrected chi connectivity index (χ4v) is 0.966. The van der Waals surface area contributed by atoms with Crippen LogP contribution in [0.25, 0.3) is 12.2 Å². The molecule has 0 amide bonds. The molecule has 0 atom stereocenters. The third-order valence-corrected chi connectivity index (χ3v) is 1.46. The molecule has 10 heavy (non-hydrogen) atoms. The Hall–Kier alpha value is -1.24. The summed E-state index contributed by atoms with van der Waals surface area (Å²) in [6, 6.07) is 0. The maximum Gasteiger partial charge on any atom is 0.0110 e. The van der Waals surface area contributed by atoms with Gasteiger partial charge in [-0.3, -0.25) is 0 Å². The Kier molecular flexibility index (Phi) is 1.76. The van der Waals surface area contributed by atoms with Crippen LogP contribution in [0.4, 0.5) is 0 Å². The highest BCUT2D eigenvalue weighted by molar-refractivity contribution is 5.62. The third-order valence-electron chi connectivity index (χ3n) is 1.46. The van der Waals surface area contributed by atoms with Gasteiger partial charge in [-0.25, -0.2) is 0 Å². The van der Waals surface area contributed by atoms with E-state index in [0.29, 0.717) is 0 Å². The van der Waals surface area contributed by atoms with Crippen molar-refractivity contribution in [2.24, 2.45) is 7.05 Å². The lowest BCUT2D eigenvalue weighted by atomic mass is 10.2. The van der Waals surface area contributed by atoms with E-state index in [2.05, 4.69) is 13.2 Å². The van der Waals surface area contributed by atoms with Crippen molar-refractivity contribution in [3.05, 3.63) is 36.7 Å². The summed E-state index contributed by atoms with van der Waals surface area (Å²) in [6.45, 7) is 7.38. The van der Waals surface area contributed by atoms with Crippen molar-refractivity contribution < 1.29 is 0 Å². The molecule has 0 radical (unpaired) electrons. The van der Waals surface area contributed by atoms with Crippen LogP contribution in [0.2, 0.25) is 0 Å². The molecule has 1 nitrogen and oxygen atoms in total. The Morgan fingerprint density at radius 1 is 1.20 bits per heavy atom. The molecule has 0 aromatic carbocycles. The minimum absolute atomic E-state index is 1.14. The average molecular weight is 133 g/mol. The highest BCUT2D eigenvalue weighted by Gasteiger charge is 1.95. The smallest absolute Gasteiger partial charge is 0.0110 e. The molecule has 0 N–H and O–H groups in total. The van der Waals surface area contributed by atoms with Gasteiger partial charge in [-0.15, -0.1) is 0 Å². The molecule has 0 fully saturated rings. The zero-order valence-corrected chi connectivity index (χ0v) is 6.17. The summed E-state index contributed by atoms with van der Waals surface area (Å²) in [5.74, 6) is 0. The van der Waals surface area contributed by atoms with Gasteiger partial charge in [0.25, 0.3) is 0 Å². The van der Waals surface area contributed by atoms with Crippen molar-refractivity contribution in [1.82, 2.24) is 4.57 Å². The SMILES string of the molecule is C=Cc1cn(C)cc1C=C. The number of rotatable bonds is 2. The topological polar surface area (TPSA) is 4.93 Å². The predicted molar refractivity (Wildman–Crippen MR) is 45.6 cm³/mol. The van der Waals surface area contributed by atoms with Crippen LogP contribution in [0, 0.1) is 0 Å². The van der Waals surface area contributed by atoms with E-state index in [1.807, 2.05) is 36.2 Å². The molecule has 0 aliphatic carbocycles. The summed E-state index contributed by atoms with van der Waals surface area (Å²) in [5, 5.41) is 0. The summed E-state index contributed by atoms with van der Waals surface area (Å²) >= 11 is 0. The number of hydrogen-bond acceptors (Lipinski definition) is 0. The molecule has 1 rings (SSSR count). The molecule has 52 valence electrons. The standard InChI is InChI=1S/C9H11N/c1-4-8-6-10(3)7-9(8)5-2/h4-7H,1-2H2,3H3. The zero-order chi connectivity index (χ0) is 7.56.